The van der Waals surface area contributed by atoms with E-state index in [0.29, 0.717) is 13.1 Å². The molecule has 1 amide bonds. The highest BCUT2D eigenvalue weighted by atomic mass is 32.1. The molecule has 0 saturated heterocycles. The number of carbonyl (C=O) groups is 1. The molecule has 1 aliphatic rings. The number of likely N-dealkylation sites (N-methyl/N-ethyl adjacent to an activating group) is 1. The Balaban J connectivity index is 1.84. The van der Waals surface area contributed by atoms with Crippen molar-refractivity contribution in [2.24, 2.45) is 0 Å². The maximum atomic E-state index is 12.4. The molecule has 0 aromatic carbocycles. The number of nitrogens with zero attached hydrogens (tertiary/aromatic N) is 2. The summed E-state index contributed by atoms with van der Waals surface area (Å²) >= 11 is 1.62. The Hall–Kier alpha value is -0.940. The van der Waals surface area contributed by atoms with Gasteiger partial charge in [-0.25, -0.2) is 4.98 Å². The Morgan fingerprint density at radius 2 is 2.20 bits per heavy atom. The van der Waals surface area contributed by atoms with Crippen molar-refractivity contribution in [2.45, 2.75) is 57.5 Å². The molecule has 1 heterocycles. The third kappa shape index (κ3) is 4.28. The van der Waals surface area contributed by atoms with Gasteiger partial charge in [-0.15, -0.1) is 11.3 Å². The SMILES string of the molecule is CCN(CCc1nccs1)C(=O)CC1(O)CCCCC1. The average molecular weight is 296 g/mol. The molecule has 0 unspecified atom stereocenters. The second-order valence-corrected chi connectivity index (χ2v) is 6.59. The average Bonchev–Trinajstić information content (AvgIpc) is 2.93. The summed E-state index contributed by atoms with van der Waals surface area (Å²) in [6.45, 7) is 3.38. The van der Waals surface area contributed by atoms with Crippen LogP contribution in [0.1, 0.15) is 50.5 Å². The molecule has 5 heteroatoms. The van der Waals surface area contributed by atoms with E-state index < -0.39 is 5.60 Å². The minimum atomic E-state index is -0.760. The van der Waals surface area contributed by atoms with E-state index in [-0.39, 0.29) is 12.3 Å². The van der Waals surface area contributed by atoms with Crippen LogP contribution < -0.4 is 0 Å². The normalized spacial score (nSPS) is 17.9. The van der Waals surface area contributed by atoms with Gasteiger partial charge in [0.2, 0.25) is 5.91 Å². The monoisotopic (exact) mass is 296 g/mol. The van der Waals surface area contributed by atoms with Crippen LogP contribution >= 0.6 is 11.3 Å². The van der Waals surface area contributed by atoms with Crippen molar-refractivity contribution in [3.8, 4) is 0 Å². The molecule has 1 saturated carbocycles. The summed E-state index contributed by atoms with van der Waals surface area (Å²) < 4.78 is 0. The fourth-order valence-corrected chi connectivity index (χ4v) is 3.46. The second kappa shape index (κ2) is 7.18. The Morgan fingerprint density at radius 1 is 1.45 bits per heavy atom. The van der Waals surface area contributed by atoms with Gasteiger partial charge < -0.3 is 10.0 Å². The first-order valence-electron chi connectivity index (χ1n) is 7.51. The zero-order chi connectivity index (χ0) is 14.4. The fourth-order valence-electron chi connectivity index (χ4n) is 2.85. The van der Waals surface area contributed by atoms with Crippen molar-refractivity contribution < 1.29 is 9.90 Å². The number of hydrogen-bond donors (Lipinski definition) is 1. The Labute approximate surface area is 124 Å². The molecule has 1 aromatic rings. The fraction of sp³-hybridized carbons (Fsp3) is 0.733. The molecular weight excluding hydrogens is 272 g/mol. The predicted molar refractivity (Wildman–Crippen MR) is 80.7 cm³/mol. The smallest absolute Gasteiger partial charge is 0.225 e. The summed E-state index contributed by atoms with van der Waals surface area (Å²) in [7, 11) is 0. The standard InChI is InChI=1S/C15H24N2O2S/c1-2-17(10-6-13-16-9-11-20-13)14(18)12-15(19)7-4-3-5-8-15/h9,11,19H,2-8,10,12H2,1H3. The minimum absolute atomic E-state index is 0.0773. The van der Waals surface area contributed by atoms with Crippen molar-refractivity contribution in [1.29, 1.82) is 0 Å². The topological polar surface area (TPSA) is 53.4 Å². The van der Waals surface area contributed by atoms with Crippen LogP contribution in [0.4, 0.5) is 0 Å². The van der Waals surface area contributed by atoms with E-state index in [1.807, 2.05) is 17.2 Å². The van der Waals surface area contributed by atoms with Crippen molar-refractivity contribution >= 4 is 17.2 Å². The van der Waals surface area contributed by atoms with Gasteiger partial charge in [0.15, 0.2) is 0 Å². The molecule has 4 nitrogen and oxygen atoms in total. The first-order valence-corrected chi connectivity index (χ1v) is 8.39. The van der Waals surface area contributed by atoms with Gasteiger partial charge in [0.05, 0.1) is 17.0 Å². The summed E-state index contributed by atoms with van der Waals surface area (Å²) in [5, 5.41) is 13.5. The van der Waals surface area contributed by atoms with E-state index in [1.54, 1.807) is 17.5 Å². The maximum Gasteiger partial charge on any atom is 0.225 e. The molecule has 0 radical (unpaired) electrons. The van der Waals surface area contributed by atoms with Gasteiger partial charge in [0.1, 0.15) is 0 Å². The van der Waals surface area contributed by atoms with Crippen molar-refractivity contribution in [2.75, 3.05) is 13.1 Å². The van der Waals surface area contributed by atoms with Crippen LogP contribution in [0.3, 0.4) is 0 Å². The number of hydrogen-bond acceptors (Lipinski definition) is 4. The highest BCUT2D eigenvalue weighted by Gasteiger charge is 2.33. The van der Waals surface area contributed by atoms with E-state index in [0.717, 1.165) is 37.1 Å². The first kappa shape index (κ1) is 15.4. The van der Waals surface area contributed by atoms with Crippen LogP contribution in [-0.4, -0.2) is 39.6 Å². The lowest BCUT2D eigenvalue weighted by atomic mass is 9.82. The van der Waals surface area contributed by atoms with Gasteiger partial charge in [-0.2, -0.15) is 0 Å². The quantitative estimate of drug-likeness (QED) is 0.878. The molecule has 0 spiro atoms. The molecule has 1 N–H and O–H groups in total. The number of carbonyl (C=O) groups excluding carboxylic acids is 1. The summed E-state index contributed by atoms with van der Waals surface area (Å²) in [5.41, 5.74) is -0.760. The number of amides is 1. The maximum absolute atomic E-state index is 12.4. The predicted octanol–water partition coefficient (Wildman–Crippen LogP) is 2.62. The first-order chi connectivity index (χ1) is 9.63. The zero-order valence-corrected chi connectivity index (χ0v) is 13.0. The largest absolute Gasteiger partial charge is 0.389 e. The third-order valence-corrected chi connectivity index (χ3v) is 4.92. The lowest BCUT2D eigenvalue weighted by Gasteiger charge is -2.33. The van der Waals surface area contributed by atoms with Crippen LogP contribution in [-0.2, 0) is 11.2 Å². The van der Waals surface area contributed by atoms with Crippen LogP contribution in [0.5, 0.6) is 0 Å². The van der Waals surface area contributed by atoms with E-state index in [2.05, 4.69) is 4.98 Å². The molecular formula is C15H24N2O2S. The highest BCUT2D eigenvalue weighted by Crippen LogP contribution is 2.31. The molecule has 0 aliphatic heterocycles. The van der Waals surface area contributed by atoms with Gasteiger partial charge in [-0.3, -0.25) is 4.79 Å². The second-order valence-electron chi connectivity index (χ2n) is 5.61. The number of aromatic nitrogens is 1. The van der Waals surface area contributed by atoms with Gasteiger partial charge in [0, 0.05) is 31.1 Å². The summed E-state index contributed by atoms with van der Waals surface area (Å²) in [6, 6.07) is 0. The number of rotatable bonds is 6. The van der Waals surface area contributed by atoms with E-state index in [4.69, 9.17) is 0 Å². The Morgan fingerprint density at radius 3 is 2.80 bits per heavy atom. The molecule has 0 atom stereocenters. The highest BCUT2D eigenvalue weighted by molar-refractivity contribution is 7.09. The number of thiazole rings is 1. The molecule has 2 rings (SSSR count). The molecule has 1 aromatic heterocycles. The van der Waals surface area contributed by atoms with Gasteiger partial charge >= 0.3 is 0 Å². The Bertz CT molecular complexity index is 414. The third-order valence-electron chi connectivity index (χ3n) is 4.08. The van der Waals surface area contributed by atoms with Gasteiger partial charge in [-0.05, 0) is 19.8 Å². The molecule has 112 valence electrons. The summed E-state index contributed by atoms with van der Waals surface area (Å²) in [5.74, 6) is 0.0773. The van der Waals surface area contributed by atoms with Crippen LogP contribution in [0, 0.1) is 0 Å². The molecule has 0 bridgehead atoms. The molecule has 20 heavy (non-hydrogen) atoms. The van der Waals surface area contributed by atoms with Crippen LogP contribution in [0.15, 0.2) is 11.6 Å². The Kier molecular flexibility index (Phi) is 5.54. The zero-order valence-electron chi connectivity index (χ0n) is 12.2. The lowest BCUT2D eigenvalue weighted by Crippen LogP contribution is -2.41. The molecule has 1 fully saturated rings. The molecule has 1 aliphatic carbocycles. The number of aliphatic hydroxyl groups is 1. The summed E-state index contributed by atoms with van der Waals surface area (Å²) in [4.78, 5) is 18.4. The van der Waals surface area contributed by atoms with E-state index in [1.165, 1.54) is 6.42 Å². The lowest BCUT2D eigenvalue weighted by molar-refractivity contribution is -0.137. The van der Waals surface area contributed by atoms with Gasteiger partial charge in [0.25, 0.3) is 0 Å². The van der Waals surface area contributed by atoms with Crippen molar-refractivity contribution in [3.05, 3.63) is 16.6 Å². The van der Waals surface area contributed by atoms with Gasteiger partial charge in [-0.1, -0.05) is 19.3 Å². The van der Waals surface area contributed by atoms with Crippen LogP contribution in [0.25, 0.3) is 0 Å². The van der Waals surface area contributed by atoms with E-state index >= 15 is 0 Å². The van der Waals surface area contributed by atoms with Crippen LogP contribution in [0.2, 0.25) is 0 Å². The summed E-state index contributed by atoms with van der Waals surface area (Å²) in [6.07, 6.45) is 7.66. The van der Waals surface area contributed by atoms with E-state index in [9.17, 15) is 9.90 Å². The van der Waals surface area contributed by atoms with Crippen molar-refractivity contribution in [1.82, 2.24) is 9.88 Å². The minimum Gasteiger partial charge on any atom is -0.389 e. The van der Waals surface area contributed by atoms with Crippen molar-refractivity contribution in [3.63, 3.8) is 0 Å².